The minimum absolute atomic E-state index is 0.0774. The predicted octanol–water partition coefficient (Wildman–Crippen LogP) is 3.94. The predicted molar refractivity (Wildman–Crippen MR) is 116 cm³/mol. The van der Waals surface area contributed by atoms with Crippen LogP contribution in [0.25, 0.3) is 0 Å². The number of likely N-dealkylation sites (tertiary alicyclic amines) is 1. The first-order chi connectivity index (χ1) is 14.6. The summed E-state index contributed by atoms with van der Waals surface area (Å²) in [5, 5.41) is 0. The van der Waals surface area contributed by atoms with Gasteiger partial charge in [0.15, 0.2) is 11.5 Å². The summed E-state index contributed by atoms with van der Waals surface area (Å²) >= 11 is 3.52. The number of hydrogen-bond donors (Lipinski definition) is 0. The summed E-state index contributed by atoms with van der Waals surface area (Å²) in [5.74, 6) is 0.643. The van der Waals surface area contributed by atoms with E-state index in [9.17, 15) is 9.59 Å². The number of anilines is 1. The van der Waals surface area contributed by atoms with E-state index in [1.807, 2.05) is 47.4 Å². The number of carbonyl (C=O) groups is 2. The molecule has 156 valence electrons. The highest BCUT2D eigenvalue weighted by molar-refractivity contribution is 9.10. The molecule has 0 bridgehead atoms. The van der Waals surface area contributed by atoms with Crippen LogP contribution in [0.1, 0.15) is 30.9 Å². The molecular weight excluding hydrogens is 448 g/mol. The fraction of sp³-hybridized carbons (Fsp3) is 0.391. The molecule has 5 rings (SSSR count). The molecule has 7 heteroatoms. The van der Waals surface area contributed by atoms with Gasteiger partial charge < -0.3 is 19.3 Å². The lowest BCUT2D eigenvalue weighted by atomic mass is 10.00. The molecule has 0 N–H and O–H groups in total. The lowest BCUT2D eigenvalue weighted by Crippen LogP contribution is -2.40. The van der Waals surface area contributed by atoms with Crippen molar-refractivity contribution in [1.29, 1.82) is 0 Å². The van der Waals surface area contributed by atoms with Crippen molar-refractivity contribution in [2.24, 2.45) is 5.92 Å². The molecule has 0 radical (unpaired) electrons. The molecule has 6 nitrogen and oxygen atoms in total. The molecule has 2 aromatic rings. The quantitative estimate of drug-likeness (QED) is 0.637. The van der Waals surface area contributed by atoms with Crippen LogP contribution in [0.4, 0.5) is 5.69 Å². The lowest BCUT2D eigenvalue weighted by Gasteiger charge is -2.30. The number of carbonyl (C=O) groups excluding carboxylic acids is 2. The smallest absolute Gasteiger partial charge is 0.239 e. The van der Waals surface area contributed by atoms with E-state index in [1.54, 1.807) is 4.90 Å². The molecule has 3 aliphatic rings. The van der Waals surface area contributed by atoms with Crippen molar-refractivity contribution < 1.29 is 19.1 Å². The van der Waals surface area contributed by atoms with Gasteiger partial charge in [0.1, 0.15) is 19.1 Å². The van der Waals surface area contributed by atoms with Gasteiger partial charge >= 0.3 is 0 Å². The fourth-order valence-electron chi connectivity index (χ4n) is 4.73. The van der Waals surface area contributed by atoms with Gasteiger partial charge in [-0.15, -0.1) is 0 Å². The van der Waals surface area contributed by atoms with E-state index in [-0.39, 0.29) is 17.9 Å². The first-order valence-electron chi connectivity index (χ1n) is 10.4. The van der Waals surface area contributed by atoms with Crippen LogP contribution in [0, 0.1) is 5.92 Å². The number of ether oxygens (including phenoxy) is 2. The van der Waals surface area contributed by atoms with E-state index in [1.165, 1.54) is 0 Å². The number of rotatable bonds is 3. The number of benzene rings is 2. The van der Waals surface area contributed by atoms with Gasteiger partial charge in [0.2, 0.25) is 11.8 Å². The van der Waals surface area contributed by atoms with Gasteiger partial charge in [-0.3, -0.25) is 9.59 Å². The summed E-state index contributed by atoms with van der Waals surface area (Å²) in [4.78, 5) is 30.2. The molecule has 0 saturated carbocycles. The summed E-state index contributed by atoms with van der Waals surface area (Å²) in [6, 6.07) is 13.4. The van der Waals surface area contributed by atoms with Gasteiger partial charge in [-0.1, -0.05) is 24.3 Å². The van der Waals surface area contributed by atoms with Gasteiger partial charge in [0.25, 0.3) is 0 Å². The second-order valence-electron chi connectivity index (χ2n) is 7.84. The number of amides is 2. The summed E-state index contributed by atoms with van der Waals surface area (Å²) in [6.07, 6.45) is 2.31. The van der Waals surface area contributed by atoms with Crippen LogP contribution in [0.3, 0.4) is 0 Å². The Balaban J connectivity index is 1.39. The minimum atomic E-state index is -0.630. The van der Waals surface area contributed by atoms with E-state index in [2.05, 4.69) is 15.9 Å². The van der Waals surface area contributed by atoms with E-state index < -0.39 is 5.92 Å². The highest BCUT2D eigenvalue weighted by atomic mass is 79.9. The molecule has 30 heavy (non-hydrogen) atoms. The number of para-hydroxylation sites is 2. The molecule has 2 saturated heterocycles. The highest BCUT2D eigenvalue weighted by Gasteiger charge is 2.43. The second kappa shape index (κ2) is 7.95. The third-order valence-electron chi connectivity index (χ3n) is 6.14. The van der Waals surface area contributed by atoms with Crippen molar-refractivity contribution in [2.45, 2.75) is 25.3 Å². The van der Waals surface area contributed by atoms with E-state index in [4.69, 9.17) is 9.47 Å². The third kappa shape index (κ3) is 3.25. The Bertz CT molecular complexity index is 995. The van der Waals surface area contributed by atoms with E-state index >= 15 is 0 Å². The Morgan fingerprint density at radius 2 is 1.83 bits per heavy atom. The van der Waals surface area contributed by atoms with Crippen LogP contribution in [0.2, 0.25) is 0 Å². The van der Waals surface area contributed by atoms with Gasteiger partial charge in [-0.25, -0.2) is 0 Å². The molecular formula is C23H23BrN2O4. The molecule has 2 atom stereocenters. The Hall–Kier alpha value is -2.54. The van der Waals surface area contributed by atoms with Gasteiger partial charge in [-0.05, 0) is 53.4 Å². The second-order valence-corrected chi connectivity index (χ2v) is 8.70. The molecule has 0 aliphatic carbocycles. The van der Waals surface area contributed by atoms with Crippen molar-refractivity contribution in [3.8, 4) is 11.5 Å². The zero-order valence-electron chi connectivity index (χ0n) is 16.6. The van der Waals surface area contributed by atoms with Crippen molar-refractivity contribution in [1.82, 2.24) is 4.90 Å². The van der Waals surface area contributed by atoms with Crippen LogP contribution in [-0.2, 0) is 9.59 Å². The molecule has 2 fully saturated rings. The van der Waals surface area contributed by atoms with Crippen LogP contribution >= 0.6 is 15.9 Å². The monoisotopic (exact) mass is 470 g/mol. The van der Waals surface area contributed by atoms with Gasteiger partial charge in [0.05, 0.1) is 11.7 Å². The molecule has 0 spiro atoms. The third-order valence-corrected chi connectivity index (χ3v) is 6.81. The number of halogens is 1. The van der Waals surface area contributed by atoms with Crippen molar-refractivity contribution in [2.75, 3.05) is 31.2 Å². The van der Waals surface area contributed by atoms with Crippen LogP contribution in [0.15, 0.2) is 46.9 Å². The minimum Gasteiger partial charge on any atom is -0.486 e. The number of fused-ring (bicyclic) bond motifs is 1. The maximum Gasteiger partial charge on any atom is 0.239 e. The van der Waals surface area contributed by atoms with Crippen LogP contribution < -0.4 is 14.4 Å². The molecule has 2 amide bonds. The highest BCUT2D eigenvalue weighted by Crippen LogP contribution is 2.44. The van der Waals surface area contributed by atoms with E-state index in [0.717, 1.165) is 40.1 Å². The van der Waals surface area contributed by atoms with Crippen molar-refractivity contribution in [3.63, 3.8) is 0 Å². The Labute approximate surface area is 183 Å². The van der Waals surface area contributed by atoms with E-state index in [0.29, 0.717) is 32.7 Å². The van der Waals surface area contributed by atoms with Crippen LogP contribution in [0.5, 0.6) is 11.5 Å². The lowest BCUT2D eigenvalue weighted by molar-refractivity contribution is -0.140. The Morgan fingerprint density at radius 1 is 1.00 bits per heavy atom. The maximum atomic E-state index is 13.5. The zero-order valence-corrected chi connectivity index (χ0v) is 18.1. The summed E-state index contributed by atoms with van der Waals surface area (Å²) < 4.78 is 12.5. The maximum absolute atomic E-state index is 13.5. The summed E-state index contributed by atoms with van der Waals surface area (Å²) in [6.45, 7) is 2.25. The first kappa shape index (κ1) is 19.4. The SMILES string of the molecule is O=C1C(C(=O)N2CCCC2c2cccc3c2OCCO3)CCN1c1ccccc1Br. The molecule has 2 unspecified atom stereocenters. The van der Waals surface area contributed by atoms with Crippen LogP contribution in [-0.4, -0.2) is 43.0 Å². The Kier molecular flexibility index (Phi) is 5.15. The standard InChI is InChI=1S/C23H23BrN2O4/c24-17-6-1-2-7-19(17)26-12-10-16(23(26)28)22(27)25-11-4-8-18(25)15-5-3-9-20-21(15)30-14-13-29-20/h1-3,5-7,9,16,18H,4,8,10-14H2. The molecule has 3 aliphatic heterocycles. The number of nitrogens with zero attached hydrogens (tertiary/aromatic N) is 2. The van der Waals surface area contributed by atoms with Gasteiger partial charge in [-0.2, -0.15) is 0 Å². The van der Waals surface area contributed by atoms with Gasteiger partial charge in [0, 0.05) is 23.1 Å². The zero-order chi connectivity index (χ0) is 20.7. The summed E-state index contributed by atoms with van der Waals surface area (Å²) in [5.41, 5.74) is 1.80. The average molecular weight is 471 g/mol. The molecule has 3 heterocycles. The molecule has 0 aromatic heterocycles. The first-order valence-corrected chi connectivity index (χ1v) is 11.2. The normalized spacial score (nSPS) is 23.2. The summed E-state index contributed by atoms with van der Waals surface area (Å²) in [7, 11) is 0. The fourth-order valence-corrected chi connectivity index (χ4v) is 5.23. The molecule has 2 aromatic carbocycles. The largest absolute Gasteiger partial charge is 0.486 e. The Morgan fingerprint density at radius 3 is 2.70 bits per heavy atom. The average Bonchev–Trinajstić information content (AvgIpc) is 3.40. The topological polar surface area (TPSA) is 59.1 Å². The van der Waals surface area contributed by atoms with Crippen molar-refractivity contribution in [3.05, 3.63) is 52.5 Å². The number of hydrogen-bond acceptors (Lipinski definition) is 4. The van der Waals surface area contributed by atoms with Crippen molar-refractivity contribution >= 4 is 33.4 Å².